The highest BCUT2D eigenvalue weighted by molar-refractivity contribution is 5.78. The van der Waals surface area contributed by atoms with Gasteiger partial charge in [0.25, 0.3) is 0 Å². The van der Waals surface area contributed by atoms with E-state index in [1.54, 1.807) is 11.7 Å². The van der Waals surface area contributed by atoms with E-state index < -0.39 is 0 Å². The molecule has 0 fully saturated rings. The zero-order chi connectivity index (χ0) is 31.1. The van der Waals surface area contributed by atoms with Crippen LogP contribution in [0.15, 0.2) is 40.6 Å². The zero-order valence-electron chi connectivity index (χ0n) is 27.0. The molecule has 0 amide bonds. The largest absolute Gasteiger partial charge is 0.338 e. The van der Waals surface area contributed by atoms with E-state index in [0.717, 1.165) is 33.9 Å². The van der Waals surface area contributed by atoms with E-state index in [0.29, 0.717) is 28.6 Å². The van der Waals surface area contributed by atoms with Crippen molar-refractivity contribution in [1.29, 1.82) is 5.26 Å². The molecule has 2 aromatic carbocycles. The van der Waals surface area contributed by atoms with E-state index in [2.05, 4.69) is 92.3 Å². The number of nitrogens with zero attached hydrogens (tertiary/aromatic N) is 7. The summed E-state index contributed by atoms with van der Waals surface area (Å²) in [7, 11) is 3.83. The van der Waals surface area contributed by atoms with Gasteiger partial charge in [-0.05, 0) is 82.3 Å². The Balaban J connectivity index is 1.90. The average molecular weight is 563 g/mol. The highest BCUT2D eigenvalue weighted by atomic mass is 15.3. The van der Waals surface area contributed by atoms with Gasteiger partial charge in [0.05, 0.1) is 5.69 Å². The summed E-state index contributed by atoms with van der Waals surface area (Å²) in [6.07, 6.45) is 0. The molecule has 0 spiro atoms. The second-order valence-corrected chi connectivity index (χ2v) is 12.4. The molecule has 2 aromatic heterocycles. The van der Waals surface area contributed by atoms with Crippen molar-refractivity contribution < 1.29 is 0 Å². The van der Waals surface area contributed by atoms with Crippen molar-refractivity contribution in [2.75, 3.05) is 17.3 Å². The van der Waals surface area contributed by atoms with Crippen LogP contribution in [-0.2, 0) is 12.5 Å². The molecular formula is C34H42N8. The van der Waals surface area contributed by atoms with Crippen molar-refractivity contribution in [2.45, 2.75) is 74.7 Å². The van der Waals surface area contributed by atoms with Crippen LogP contribution in [-0.4, -0.2) is 21.8 Å². The normalized spacial score (nSPS) is 11.7. The van der Waals surface area contributed by atoms with Gasteiger partial charge in [-0.3, -0.25) is 0 Å². The number of hydrogen-bond donors (Lipinski definition) is 1. The van der Waals surface area contributed by atoms with Crippen molar-refractivity contribution in [3.05, 3.63) is 80.5 Å². The number of benzene rings is 2. The molecule has 0 unspecified atom stereocenters. The first kappa shape index (κ1) is 30.4. The van der Waals surface area contributed by atoms with Crippen LogP contribution < -0.4 is 10.2 Å². The molecule has 218 valence electrons. The fourth-order valence-electron chi connectivity index (χ4n) is 5.70. The average Bonchev–Trinajstić information content (AvgIpc) is 3.20. The minimum absolute atomic E-state index is 0.306. The Morgan fingerprint density at radius 1 is 0.833 bits per heavy atom. The Labute approximate surface area is 250 Å². The quantitative estimate of drug-likeness (QED) is 0.237. The van der Waals surface area contributed by atoms with Crippen molar-refractivity contribution in [3.63, 3.8) is 0 Å². The van der Waals surface area contributed by atoms with Gasteiger partial charge < -0.3 is 10.2 Å². The minimum Gasteiger partial charge on any atom is -0.338 e. The Morgan fingerprint density at radius 2 is 1.38 bits per heavy atom. The van der Waals surface area contributed by atoms with E-state index in [1.807, 2.05) is 40.8 Å². The predicted molar refractivity (Wildman–Crippen MR) is 172 cm³/mol. The van der Waals surface area contributed by atoms with Crippen LogP contribution in [0.25, 0.3) is 0 Å². The Morgan fingerprint density at radius 3 is 1.90 bits per heavy atom. The lowest BCUT2D eigenvalue weighted by Gasteiger charge is -2.25. The Hall–Kier alpha value is -4.51. The molecule has 0 aliphatic rings. The van der Waals surface area contributed by atoms with Crippen LogP contribution in [0.5, 0.6) is 0 Å². The maximum absolute atomic E-state index is 9.99. The lowest BCUT2D eigenvalue weighted by molar-refractivity contribution is 0.552. The van der Waals surface area contributed by atoms with E-state index >= 15 is 0 Å². The molecule has 4 rings (SSSR count). The standard InChI is InChI=1S/C34H42N8/c1-19-13-21(3)28(22(4)14-19)37-32-29(38-39-33-26(18-35)31(34(8,9)10)40-42(33)12)23(5)17-27(36-32)41(11)30-24(6)15-20(2)16-25(30)7/h13-17H,1-12H3,(H,36,37). The van der Waals surface area contributed by atoms with Crippen LogP contribution >= 0.6 is 0 Å². The summed E-state index contributed by atoms with van der Waals surface area (Å²) < 4.78 is 1.62. The second kappa shape index (κ2) is 11.4. The summed E-state index contributed by atoms with van der Waals surface area (Å²) in [5, 5.41) is 27.5. The van der Waals surface area contributed by atoms with Gasteiger partial charge in [0, 0.05) is 30.9 Å². The van der Waals surface area contributed by atoms with E-state index in [1.165, 1.54) is 22.3 Å². The van der Waals surface area contributed by atoms with Gasteiger partial charge in [-0.25, -0.2) is 9.67 Å². The first-order valence-corrected chi connectivity index (χ1v) is 14.2. The van der Waals surface area contributed by atoms with Crippen LogP contribution in [0.2, 0.25) is 0 Å². The van der Waals surface area contributed by atoms with Crippen LogP contribution in [0.4, 0.5) is 34.5 Å². The Bertz CT molecular complexity index is 1700. The molecule has 0 aliphatic carbocycles. The highest BCUT2D eigenvalue weighted by Crippen LogP contribution is 2.39. The third kappa shape index (κ3) is 5.91. The number of rotatable bonds is 6. The molecule has 0 radical (unpaired) electrons. The second-order valence-electron chi connectivity index (χ2n) is 12.4. The zero-order valence-corrected chi connectivity index (χ0v) is 27.0. The maximum atomic E-state index is 9.99. The fraction of sp³-hybridized carbons (Fsp3) is 0.382. The molecule has 4 aromatic rings. The molecule has 42 heavy (non-hydrogen) atoms. The molecule has 0 atom stereocenters. The lowest BCUT2D eigenvalue weighted by atomic mass is 9.90. The third-order valence-corrected chi connectivity index (χ3v) is 7.49. The summed E-state index contributed by atoms with van der Waals surface area (Å²) in [6, 6.07) is 13.0. The third-order valence-electron chi connectivity index (χ3n) is 7.49. The van der Waals surface area contributed by atoms with Gasteiger partial charge in [0.1, 0.15) is 23.1 Å². The number of azo groups is 1. The molecular weight excluding hydrogens is 520 g/mol. The SMILES string of the molecule is Cc1cc(C)c(Nc2nc(N(C)c3c(C)cc(C)cc3C)cc(C)c2N=Nc2c(C#N)c(C(C)(C)C)nn2C)c(C)c1. The van der Waals surface area contributed by atoms with Gasteiger partial charge in [0.2, 0.25) is 0 Å². The molecule has 0 bridgehead atoms. The molecule has 0 saturated heterocycles. The predicted octanol–water partition coefficient (Wildman–Crippen LogP) is 9.07. The van der Waals surface area contributed by atoms with Gasteiger partial charge in [-0.1, -0.05) is 56.2 Å². The lowest BCUT2D eigenvalue weighted by Crippen LogP contribution is -2.15. The Kier molecular flexibility index (Phi) is 8.27. The van der Waals surface area contributed by atoms with Crippen LogP contribution in [0.3, 0.4) is 0 Å². The van der Waals surface area contributed by atoms with Gasteiger partial charge in [-0.2, -0.15) is 10.4 Å². The van der Waals surface area contributed by atoms with Gasteiger partial charge >= 0.3 is 0 Å². The molecule has 0 saturated carbocycles. The summed E-state index contributed by atoms with van der Waals surface area (Å²) in [4.78, 5) is 7.24. The minimum atomic E-state index is -0.306. The van der Waals surface area contributed by atoms with E-state index in [4.69, 9.17) is 10.1 Å². The van der Waals surface area contributed by atoms with Crippen LogP contribution in [0, 0.1) is 59.8 Å². The molecule has 1 N–H and O–H groups in total. The number of hydrogen-bond acceptors (Lipinski definition) is 7. The molecule has 8 nitrogen and oxygen atoms in total. The van der Waals surface area contributed by atoms with Crippen molar-refractivity contribution in [1.82, 2.24) is 14.8 Å². The number of nitrogens with one attached hydrogen (secondary N) is 1. The summed E-state index contributed by atoms with van der Waals surface area (Å²) in [5.41, 5.74) is 11.5. The monoisotopic (exact) mass is 562 g/mol. The van der Waals surface area contributed by atoms with Gasteiger partial charge in [-0.15, -0.1) is 10.2 Å². The van der Waals surface area contributed by atoms with E-state index in [9.17, 15) is 5.26 Å². The molecule has 2 heterocycles. The highest BCUT2D eigenvalue weighted by Gasteiger charge is 2.26. The number of aryl methyl sites for hydroxylation is 8. The number of anilines is 4. The first-order valence-electron chi connectivity index (χ1n) is 14.2. The number of aromatic nitrogens is 3. The first-order chi connectivity index (χ1) is 19.6. The van der Waals surface area contributed by atoms with Crippen LogP contribution in [0.1, 0.15) is 71.0 Å². The summed E-state index contributed by atoms with van der Waals surface area (Å²) in [6.45, 7) is 20.8. The van der Waals surface area contributed by atoms with Gasteiger partial charge in [0.15, 0.2) is 11.6 Å². The summed E-state index contributed by atoms with van der Waals surface area (Å²) in [5.74, 6) is 1.80. The number of nitriles is 1. The molecule has 0 aliphatic heterocycles. The maximum Gasteiger partial charge on any atom is 0.191 e. The van der Waals surface area contributed by atoms with Crippen molar-refractivity contribution in [2.24, 2.45) is 17.3 Å². The van der Waals surface area contributed by atoms with E-state index in [-0.39, 0.29) is 5.41 Å². The molecule has 8 heteroatoms. The van der Waals surface area contributed by atoms with Crippen molar-refractivity contribution in [3.8, 4) is 6.07 Å². The topological polar surface area (TPSA) is 94.5 Å². The van der Waals surface area contributed by atoms with Crippen molar-refractivity contribution >= 4 is 34.5 Å². The summed E-state index contributed by atoms with van der Waals surface area (Å²) >= 11 is 0. The number of pyridine rings is 1. The smallest absolute Gasteiger partial charge is 0.191 e. The fourth-order valence-corrected chi connectivity index (χ4v) is 5.70.